The third-order valence-electron chi connectivity index (χ3n) is 3.69. The molecule has 0 bridgehead atoms. The molecular weight excluding hydrogens is 312 g/mol. The third-order valence-corrected chi connectivity index (χ3v) is 4.56. The molecule has 7 heteroatoms. The number of carbonyl (C=O) groups excluding carboxylic acids is 1. The third kappa shape index (κ3) is 2.54. The van der Waals surface area contributed by atoms with Gasteiger partial charge < -0.3 is 10.0 Å². The first-order valence-corrected chi connectivity index (χ1v) is 8.14. The van der Waals surface area contributed by atoms with E-state index in [1.54, 1.807) is 20.9 Å². The molecule has 1 aromatic carbocycles. The Kier molecular flexibility index (Phi) is 3.44. The molecule has 0 aliphatic carbocycles. The molecule has 1 saturated heterocycles. The molecule has 1 amide bonds. The normalized spacial score (nSPS) is 14.7. The maximum Gasteiger partial charge on any atom is 0.293 e. The fourth-order valence-electron chi connectivity index (χ4n) is 2.48. The van der Waals surface area contributed by atoms with Gasteiger partial charge in [0.25, 0.3) is 5.91 Å². The van der Waals surface area contributed by atoms with Crippen LogP contribution in [-0.4, -0.2) is 49.9 Å². The lowest BCUT2D eigenvalue weighted by atomic mass is 10.2. The van der Waals surface area contributed by atoms with Crippen LogP contribution in [0.1, 0.15) is 10.6 Å². The van der Waals surface area contributed by atoms with E-state index in [9.17, 15) is 9.90 Å². The van der Waals surface area contributed by atoms with Gasteiger partial charge in [-0.2, -0.15) is 0 Å². The van der Waals surface area contributed by atoms with Crippen LogP contribution < -0.4 is 0 Å². The molecule has 3 aromatic rings. The number of hydrogen-bond donors (Lipinski definition) is 1. The number of thiophene rings is 1. The van der Waals surface area contributed by atoms with Crippen LogP contribution in [0.15, 0.2) is 47.8 Å². The molecule has 0 atom stereocenters. The molecule has 0 radical (unpaired) electrons. The molecule has 3 heterocycles. The summed E-state index contributed by atoms with van der Waals surface area (Å²) >= 11 is 1.55. The van der Waals surface area contributed by atoms with Crippen LogP contribution in [0.5, 0.6) is 0 Å². The highest BCUT2D eigenvalue weighted by Crippen LogP contribution is 2.26. The number of β-amino-alcohol motifs (C(OH)–C–C–N with tert-alkyl or cyclic N) is 1. The SMILES string of the molecule is O=C(c1nc(-c2cccs2)n(-c2ccccc2)n1)N1CC(O)C1. The van der Waals surface area contributed by atoms with E-state index in [-0.39, 0.29) is 11.7 Å². The van der Waals surface area contributed by atoms with Crippen molar-refractivity contribution in [3.8, 4) is 16.4 Å². The number of aromatic nitrogens is 3. The van der Waals surface area contributed by atoms with Crippen LogP contribution >= 0.6 is 11.3 Å². The van der Waals surface area contributed by atoms with Gasteiger partial charge in [0, 0.05) is 13.1 Å². The molecule has 6 nitrogen and oxygen atoms in total. The number of likely N-dealkylation sites (tertiary alicyclic amines) is 1. The molecule has 1 aliphatic heterocycles. The van der Waals surface area contributed by atoms with Crippen molar-refractivity contribution < 1.29 is 9.90 Å². The Labute approximate surface area is 136 Å². The topological polar surface area (TPSA) is 71.2 Å². The summed E-state index contributed by atoms with van der Waals surface area (Å²) in [6, 6.07) is 13.5. The molecule has 1 N–H and O–H groups in total. The van der Waals surface area contributed by atoms with Crippen LogP contribution in [0, 0.1) is 0 Å². The lowest BCUT2D eigenvalue weighted by Gasteiger charge is -2.34. The van der Waals surface area contributed by atoms with Gasteiger partial charge in [-0.15, -0.1) is 16.4 Å². The summed E-state index contributed by atoms with van der Waals surface area (Å²) in [5.74, 6) is 0.558. The zero-order chi connectivity index (χ0) is 15.8. The number of nitrogens with zero attached hydrogens (tertiary/aromatic N) is 4. The standard InChI is InChI=1S/C16H14N4O2S/c21-12-9-19(10-12)16(22)14-17-15(13-7-4-8-23-13)20(18-14)11-5-2-1-3-6-11/h1-8,12,21H,9-10H2. The molecule has 1 aliphatic rings. The predicted octanol–water partition coefficient (Wildman–Crippen LogP) is 1.81. The quantitative estimate of drug-likeness (QED) is 0.797. The fourth-order valence-corrected chi connectivity index (χ4v) is 3.18. The van der Waals surface area contributed by atoms with Crippen molar-refractivity contribution in [3.05, 3.63) is 53.7 Å². The van der Waals surface area contributed by atoms with Gasteiger partial charge in [-0.05, 0) is 23.6 Å². The van der Waals surface area contributed by atoms with Crippen molar-refractivity contribution in [1.29, 1.82) is 0 Å². The summed E-state index contributed by atoms with van der Waals surface area (Å²) in [4.78, 5) is 19.4. The first-order chi connectivity index (χ1) is 11.2. The van der Waals surface area contributed by atoms with Crippen LogP contribution in [0.2, 0.25) is 0 Å². The zero-order valence-corrected chi connectivity index (χ0v) is 13.0. The average Bonchev–Trinajstić information content (AvgIpc) is 3.21. The second kappa shape index (κ2) is 5.60. The molecule has 23 heavy (non-hydrogen) atoms. The van der Waals surface area contributed by atoms with E-state index in [4.69, 9.17) is 0 Å². The van der Waals surface area contributed by atoms with Gasteiger partial charge in [0.1, 0.15) is 0 Å². The molecular formula is C16H14N4O2S. The minimum atomic E-state index is -0.438. The van der Waals surface area contributed by atoms with Gasteiger partial charge in [0.15, 0.2) is 5.82 Å². The second-order valence-corrected chi connectivity index (χ2v) is 6.30. The van der Waals surface area contributed by atoms with Crippen molar-refractivity contribution in [3.63, 3.8) is 0 Å². The summed E-state index contributed by atoms with van der Waals surface area (Å²) in [5, 5.41) is 15.7. The maximum absolute atomic E-state index is 12.4. The van der Waals surface area contributed by atoms with Gasteiger partial charge in [-0.3, -0.25) is 4.79 Å². The Bertz CT molecular complexity index is 823. The Hall–Kier alpha value is -2.51. The van der Waals surface area contributed by atoms with Crippen molar-refractivity contribution in [1.82, 2.24) is 19.7 Å². The van der Waals surface area contributed by atoms with E-state index in [1.807, 2.05) is 47.8 Å². The number of aliphatic hydroxyl groups is 1. The van der Waals surface area contributed by atoms with Gasteiger partial charge in [-0.1, -0.05) is 24.3 Å². The summed E-state index contributed by atoms with van der Waals surface area (Å²) in [6.45, 7) is 0.681. The first kappa shape index (κ1) is 14.1. The smallest absolute Gasteiger partial charge is 0.293 e. The van der Waals surface area contributed by atoms with Gasteiger partial charge >= 0.3 is 0 Å². The largest absolute Gasteiger partial charge is 0.389 e. The Morgan fingerprint density at radius 2 is 1.96 bits per heavy atom. The van der Waals surface area contributed by atoms with Crippen LogP contribution in [-0.2, 0) is 0 Å². The van der Waals surface area contributed by atoms with Crippen LogP contribution in [0.25, 0.3) is 16.4 Å². The highest BCUT2D eigenvalue weighted by molar-refractivity contribution is 7.13. The molecule has 0 saturated carbocycles. The predicted molar refractivity (Wildman–Crippen MR) is 86.6 cm³/mol. The number of carbonyl (C=O) groups is 1. The molecule has 2 aromatic heterocycles. The first-order valence-electron chi connectivity index (χ1n) is 7.26. The number of aliphatic hydroxyl groups excluding tert-OH is 1. The van der Waals surface area contributed by atoms with Gasteiger partial charge in [-0.25, -0.2) is 9.67 Å². The summed E-state index contributed by atoms with van der Waals surface area (Å²) in [5.41, 5.74) is 0.853. The highest BCUT2D eigenvalue weighted by atomic mass is 32.1. The minimum Gasteiger partial charge on any atom is -0.389 e. The average molecular weight is 326 g/mol. The van der Waals surface area contributed by atoms with E-state index >= 15 is 0 Å². The minimum absolute atomic E-state index is 0.157. The van der Waals surface area contributed by atoms with Crippen molar-refractivity contribution in [2.45, 2.75) is 6.10 Å². The van der Waals surface area contributed by atoms with E-state index in [0.717, 1.165) is 10.6 Å². The Morgan fingerprint density at radius 1 is 1.17 bits per heavy atom. The van der Waals surface area contributed by atoms with Crippen molar-refractivity contribution in [2.75, 3.05) is 13.1 Å². The van der Waals surface area contributed by atoms with Crippen molar-refractivity contribution in [2.24, 2.45) is 0 Å². The molecule has 116 valence electrons. The van der Waals surface area contributed by atoms with Crippen LogP contribution in [0.4, 0.5) is 0 Å². The number of rotatable bonds is 3. The Morgan fingerprint density at radius 3 is 2.61 bits per heavy atom. The second-order valence-electron chi connectivity index (χ2n) is 5.35. The monoisotopic (exact) mass is 326 g/mol. The Balaban J connectivity index is 1.76. The molecule has 0 spiro atoms. The molecule has 4 rings (SSSR count). The number of benzene rings is 1. The van der Waals surface area contributed by atoms with Crippen LogP contribution in [0.3, 0.4) is 0 Å². The maximum atomic E-state index is 12.4. The lowest BCUT2D eigenvalue weighted by molar-refractivity contribution is 0.00509. The van der Waals surface area contributed by atoms with Crippen molar-refractivity contribution >= 4 is 17.2 Å². The number of amides is 1. The van der Waals surface area contributed by atoms with E-state index in [2.05, 4.69) is 10.1 Å². The van der Waals surface area contributed by atoms with Gasteiger partial charge in [0.2, 0.25) is 5.82 Å². The number of para-hydroxylation sites is 1. The summed E-state index contributed by atoms with van der Waals surface area (Å²) in [7, 11) is 0. The molecule has 0 unspecified atom stereocenters. The van der Waals surface area contributed by atoms with Gasteiger partial charge in [0.05, 0.1) is 16.7 Å². The van der Waals surface area contributed by atoms with E-state index in [1.165, 1.54) is 0 Å². The highest BCUT2D eigenvalue weighted by Gasteiger charge is 2.32. The summed E-state index contributed by atoms with van der Waals surface area (Å²) in [6.07, 6.45) is -0.438. The molecule has 1 fully saturated rings. The number of hydrogen-bond acceptors (Lipinski definition) is 5. The van der Waals surface area contributed by atoms with E-state index < -0.39 is 6.10 Å². The fraction of sp³-hybridized carbons (Fsp3) is 0.188. The summed E-state index contributed by atoms with van der Waals surface area (Å²) < 4.78 is 1.69. The lowest BCUT2D eigenvalue weighted by Crippen LogP contribution is -2.53. The van der Waals surface area contributed by atoms with E-state index in [0.29, 0.717) is 18.9 Å². The zero-order valence-electron chi connectivity index (χ0n) is 12.2.